The fraction of sp³-hybridized carbons (Fsp3) is 0.458. The number of nitrogens with zero attached hydrogens (tertiary/aromatic N) is 1. The Morgan fingerprint density at radius 1 is 1.03 bits per heavy atom. The largest absolute Gasteiger partial charge is 0.465 e. The number of rotatable bonds is 7. The summed E-state index contributed by atoms with van der Waals surface area (Å²) in [5, 5.41) is 2.56. The number of allylic oxidation sites excluding steroid dienone is 2. The van der Waals surface area contributed by atoms with Crippen molar-refractivity contribution in [2.24, 2.45) is 29.6 Å². The second-order valence-corrected chi connectivity index (χ2v) is 8.96. The SMILES string of the molecule is COC(=O)c1ccc(NC(=O)COC(=O)[C@H](C(C)C)N2C(=O)[C@@H]3[C@H](C2=O)[C@H]2C=C[C@H]3C2)cc1. The van der Waals surface area contributed by atoms with Gasteiger partial charge in [0.1, 0.15) is 6.04 Å². The van der Waals surface area contributed by atoms with Crippen LogP contribution in [-0.4, -0.2) is 54.3 Å². The summed E-state index contributed by atoms with van der Waals surface area (Å²) in [4.78, 5) is 63.8. The van der Waals surface area contributed by atoms with Crippen molar-refractivity contribution in [3.8, 4) is 0 Å². The molecular formula is C24H26N2O7. The first-order valence-electron chi connectivity index (χ1n) is 10.9. The van der Waals surface area contributed by atoms with Crippen LogP contribution in [0.5, 0.6) is 0 Å². The van der Waals surface area contributed by atoms with E-state index < -0.39 is 42.3 Å². The molecule has 0 radical (unpaired) electrons. The fourth-order valence-corrected chi connectivity index (χ4v) is 5.10. The van der Waals surface area contributed by atoms with Gasteiger partial charge in [-0.3, -0.25) is 19.3 Å². The predicted molar refractivity (Wildman–Crippen MR) is 116 cm³/mol. The number of carbonyl (C=O) groups is 5. The Bertz CT molecular complexity index is 1000. The van der Waals surface area contributed by atoms with Gasteiger partial charge >= 0.3 is 11.9 Å². The summed E-state index contributed by atoms with van der Waals surface area (Å²) in [6.45, 7) is 2.89. The molecule has 5 atom stereocenters. The van der Waals surface area contributed by atoms with Crippen molar-refractivity contribution in [3.63, 3.8) is 0 Å². The molecule has 9 nitrogen and oxygen atoms in total. The molecule has 1 aliphatic heterocycles. The zero-order valence-corrected chi connectivity index (χ0v) is 18.6. The van der Waals surface area contributed by atoms with Crippen LogP contribution < -0.4 is 5.32 Å². The molecule has 0 aromatic heterocycles. The van der Waals surface area contributed by atoms with E-state index in [2.05, 4.69) is 10.1 Å². The summed E-state index contributed by atoms with van der Waals surface area (Å²) in [7, 11) is 1.27. The minimum atomic E-state index is -1.08. The van der Waals surface area contributed by atoms with Gasteiger partial charge in [-0.2, -0.15) is 0 Å². The molecule has 0 spiro atoms. The molecule has 174 valence electrons. The van der Waals surface area contributed by atoms with Gasteiger partial charge in [0.25, 0.3) is 5.91 Å². The zero-order valence-electron chi connectivity index (χ0n) is 18.6. The lowest BCUT2D eigenvalue weighted by Gasteiger charge is -2.28. The lowest BCUT2D eigenvalue weighted by molar-refractivity contribution is -0.162. The Kier molecular flexibility index (Phi) is 6.05. The van der Waals surface area contributed by atoms with Gasteiger partial charge in [-0.05, 0) is 48.4 Å². The maximum atomic E-state index is 13.1. The Morgan fingerprint density at radius 3 is 2.12 bits per heavy atom. The van der Waals surface area contributed by atoms with E-state index in [9.17, 15) is 24.0 Å². The lowest BCUT2D eigenvalue weighted by atomic mass is 9.85. The van der Waals surface area contributed by atoms with E-state index in [1.165, 1.54) is 31.4 Å². The normalized spacial score (nSPS) is 25.9. The van der Waals surface area contributed by atoms with Crippen LogP contribution in [0.1, 0.15) is 30.6 Å². The van der Waals surface area contributed by atoms with E-state index in [-0.39, 0.29) is 29.6 Å². The zero-order chi connectivity index (χ0) is 23.9. The summed E-state index contributed by atoms with van der Waals surface area (Å²) in [6.07, 6.45) is 4.79. The van der Waals surface area contributed by atoms with Gasteiger partial charge in [0.15, 0.2) is 6.61 Å². The van der Waals surface area contributed by atoms with Crippen LogP contribution in [0.25, 0.3) is 0 Å². The molecule has 0 unspecified atom stereocenters. The van der Waals surface area contributed by atoms with Crippen LogP contribution in [0, 0.1) is 29.6 Å². The smallest absolute Gasteiger partial charge is 0.337 e. The minimum absolute atomic E-state index is 0.0432. The maximum absolute atomic E-state index is 13.1. The standard InChI is InChI=1S/C24H26N2O7/c1-12(2)20(26-21(28)18-14-4-5-15(10-14)19(18)22(26)29)24(31)33-11-17(27)25-16-8-6-13(7-9-16)23(30)32-3/h4-9,12,14-15,18-20H,10-11H2,1-3H3,(H,25,27)/t14-,15-,18-,19+,20-/m0/s1. The Morgan fingerprint density at radius 2 is 1.61 bits per heavy atom. The van der Waals surface area contributed by atoms with Crippen LogP contribution in [0.2, 0.25) is 0 Å². The predicted octanol–water partition coefficient (Wildman–Crippen LogP) is 1.79. The van der Waals surface area contributed by atoms with Crippen LogP contribution in [0.4, 0.5) is 5.69 Å². The molecule has 33 heavy (non-hydrogen) atoms. The number of benzene rings is 1. The first-order chi connectivity index (χ1) is 15.7. The van der Waals surface area contributed by atoms with Crippen molar-refractivity contribution in [3.05, 3.63) is 42.0 Å². The maximum Gasteiger partial charge on any atom is 0.337 e. The van der Waals surface area contributed by atoms with Gasteiger partial charge in [0.2, 0.25) is 11.8 Å². The topological polar surface area (TPSA) is 119 Å². The number of esters is 2. The summed E-state index contributed by atoms with van der Waals surface area (Å²) < 4.78 is 9.81. The average Bonchev–Trinajstić information content (AvgIpc) is 3.47. The molecule has 1 heterocycles. The van der Waals surface area contributed by atoms with Crippen molar-refractivity contribution >= 4 is 35.3 Å². The molecular weight excluding hydrogens is 428 g/mol. The molecule has 1 aromatic carbocycles. The average molecular weight is 454 g/mol. The van der Waals surface area contributed by atoms with Crippen molar-refractivity contribution in [1.29, 1.82) is 0 Å². The Balaban J connectivity index is 1.37. The highest BCUT2D eigenvalue weighted by molar-refractivity contribution is 6.09. The highest BCUT2D eigenvalue weighted by atomic mass is 16.5. The van der Waals surface area contributed by atoms with Crippen LogP contribution >= 0.6 is 0 Å². The molecule has 4 rings (SSSR count). The number of carbonyl (C=O) groups excluding carboxylic acids is 5. The monoisotopic (exact) mass is 454 g/mol. The van der Waals surface area contributed by atoms with Crippen LogP contribution in [-0.2, 0) is 28.7 Å². The first kappa shape index (κ1) is 22.7. The third-order valence-corrected chi connectivity index (χ3v) is 6.59. The molecule has 3 amide bonds. The molecule has 1 aromatic rings. The molecule has 9 heteroatoms. The summed E-state index contributed by atoms with van der Waals surface area (Å²) in [5.41, 5.74) is 0.736. The minimum Gasteiger partial charge on any atom is -0.465 e. The highest BCUT2D eigenvalue weighted by Crippen LogP contribution is 2.53. The van der Waals surface area contributed by atoms with Crippen molar-refractivity contribution in [1.82, 2.24) is 4.90 Å². The number of ether oxygens (including phenoxy) is 2. The fourth-order valence-electron chi connectivity index (χ4n) is 5.10. The van der Waals surface area contributed by atoms with Gasteiger partial charge in [0.05, 0.1) is 24.5 Å². The number of likely N-dealkylation sites (tertiary alicyclic amines) is 1. The van der Waals surface area contributed by atoms with Gasteiger partial charge in [0, 0.05) is 5.69 Å². The quantitative estimate of drug-likeness (QED) is 0.379. The van der Waals surface area contributed by atoms with E-state index >= 15 is 0 Å². The molecule has 1 saturated carbocycles. The Hall–Kier alpha value is -3.49. The number of amides is 3. The number of methoxy groups -OCH3 is 1. The van der Waals surface area contributed by atoms with E-state index in [0.717, 1.165) is 11.3 Å². The highest BCUT2D eigenvalue weighted by Gasteiger charge is 2.61. The lowest BCUT2D eigenvalue weighted by Crippen LogP contribution is -2.50. The van der Waals surface area contributed by atoms with E-state index in [0.29, 0.717) is 11.3 Å². The van der Waals surface area contributed by atoms with Crippen LogP contribution in [0.3, 0.4) is 0 Å². The number of hydrogen-bond donors (Lipinski definition) is 1. The number of fused-ring (bicyclic) bond motifs is 5. The van der Waals surface area contributed by atoms with E-state index in [1.807, 2.05) is 12.2 Å². The Labute approximate surface area is 191 Å². The molecule has 3 aliphatic rings. The number of nitrogens with one attached hydrogen (secondary N) is 1. The molecule has 2 bridgehead atoms. The number of imide groups is 1. The van der Waals surface area contributed by atoms with Gasteiger partial charge in [-0.1, -0.05) is 26.0 Å². The van der Waals surface area contributed by atoms with E-state index in [4.69, 9.17) is 4.74 Å². The third-order valence-electron chi connectivity index (χ3n) is 6.59. The van der Waals surface area contributed by atoms with Gasteiger partial charge in [-0.15, -0.1) is 0 Å². The van der Waals surface area contributed by atoms with Crippen molar-refractivity contribution < 1.29 is 33.4 Å². The van der Waals surface area contributed by atoms with Crippen LogP contribution in [0.15, 0.2) is 36.4 Å². The van der Waals surface area contributed by atoms with Crippen molar-refractivity contribution in [2.45, 2.75) is 26.3 Å². The molecule has 1 saturated heterocycles. The molecule has 2 fully saturated rings. The second-order valence-electron chi connectivity index (χ2n) is 8.96. The number of hydrogen-bond acceptors (Lipinski definition) is 7. The summed E-state index contributed by atoms with van der Waals surface area (Å²) >= 11 is 0. The van der Waals surface area contributed by atoms with E-state index in [1.54, 1.807) is 13.8 Å². The summed E-state index contributed by atoms with van der Waals surface area (Å²) in [5.74, 6) is -3.62. The molecule has 1 N–H and O–H groups in total. The third kappa shape index (κ3) is 4.03. The second kappa shape index (κ2) is 8.80. The number of anilines is 1. The van der Waals surface area contributed by atoms with Gasteiger partial charge < -0.3 is 14.8 Å². The summed E-state index contributed by atoms with van der Waals surface area (Å²) in [6, 6.07) is 4.94. The first-order valence-corrected chi connectivity index (χ1v) is 10.9. The van der Waals surface area contributed by atoms with Crippen molar-refractivity contribution in [2.75, 3.05) is 19.0 Å². The van der Waals surface area contributed by atoms with Gasteiger partial charge in [-0.25, -0.2) is 9.59 Å². The molecule has 2 aliphatic carbocycles.